The van der Waals surface area contributed by atoms with Gasteiger partial charge in [0.05, 0.1) is 24.1 Å². The second-order valence-electron chi connectivity index (χ2n) is 5.14. The number of carbonyl (C=O) groups is 3. The number of aromatic nitrogens is 1. The SMILES string of the molecule is CCOC(=O)c1sc(NC(=O)[C@@H]2CC=CC[C@H]2C(=O)O)nc1C. The standard InChI is InChI=1S/C15H18N2O5S/c1-3-22-14(21)11-8(2)16-15(23-11)17-12(18)9-6-4-5-7-10(9)13(19)20/h4-5,9-10H,3,6-7H2,1-2H3,(H,19,20)(H,16,17,18)/t9-,10-/m1/s1. The molecule has 1 aliphatic rings. The Morgan fingerprint density at radius 2 is 2.00 bits per heavy atom. The summed E-state index contributed by atoms with van der Waals surface area (Å²) < 4.78 is 4.92. The molecule has 0 saturated heterocycles. The lowest BCUT2D eigenvalue weighted by Crippen LogP contribution is -2.34. The molecule has 0 fully saturated rings. The summed E-state index contributed by atoms with van der Waals surface area (Å²) in [6.07, 6.45) is 4.28. The highest BCUT2D eigenvalue weighted by atomic mass is 32.1. The number of allylic oxidation sites excluding steroid dienone is 2. The molecule has 2 rings (SSSR count). The molecule has 124 valence electrons. The van der Waals surface area contributed by atoms with Gasteiger partial charge in [-0.15, -0.1) is 0 Å². The van der Waals surface area contributed by atoms with Gasteiger partial charge in [-0.1, -0.05) is 23.5 Å². The predicted octanol–water partition coefficient (Wildman–Crippen LogP) is 2.23. The number of nitrogens with zero attached hydrogens (tertiary/aromatic N) is 1. The Morgan fingerprint density at radius 3 is 2.61 bits per heavy atom. The summed E-state index contributed by atoms with van der Waals surface area (Å²) in [5.74, 6) is -3.26. The topological polar surface area (TPSA) is 106 Å². The molecule has 1 amide bonds. The summed E-state index contributed by atoms with van der Waals surface area (Å²) in [7, 11) is 0. The number of carbonyl (C=O) groups excluding carboxylic acids is 2. The van der Waals surface area contributed by atoms with Crippen molar-refractivity contribution in [2.45, 2.75) is 26.7 Å². The van der Waals surface area contributed by atoms with Gasteiger partial charge < -0.3 is 15.2 Å². The number of hydrogen-bond acceptors (Lipinski definition) is 6. The van der Waals surface area contributed by atoms with E-state index in [4.69, 9.17) is 4.74 Å². The van der Waals surface area contributed by atoms with Crippen molar-refractivity contribution in [2.24, 2.45) is 11.8 Å². The first-order valence-electron chi connectivity index (χ1n) is 7.27. The minimum absolute atomic E-state index is 0.257. The Balaban J connectivity index is 2.11. The number of thiazole rings is 1. The zero-order valence-corrected chi connectivity index (χ0v) is 13.7. The molecule has 1 aromatic heterocycles. The first-order valence-corrected chi connectivity index (χ1v) is 8.08. The smallest absolute Gasteiger partial charge is 0.350 e. The molecule has 0 aliphatic heterocycles. The van der Waals surface area contributed by atoms with Crippen molar-refractivity contribution in [1.82, 2.24) is 4.98 Å². The lowest BCUT2D eigenvalue weighted by atomic mass is 9.82. The van der Waals surface area contributed by atoms with E-state index in [0.717, 1.165) is 11.3 Å². The summed E-state index contributed by atoms with van der Waals surface area (Å²) in [5.41, 5.74) is 0.474. The van der Waals surface area contributed by atoms with Gasteiger partial charge in [0.25, 0.3) is 0 Å². The number of hydrogen-bond donors (Lipinski definition) is 2. The maximum Gasteiger partial charge on any atom is 0.350 e. The van der Waals surface area contributed by atoms with Crippen LogP contribution in [0.3, 0.4) is 0 Å². The van der Waals surface area contributed by atoms with Gasteiger partial charge >= 0.3 is 11.9 Å². The van der Waals surface area contributed by atoms with E-state index >= 15 is 0 Å². The third-order valence-electron chi connectivity index (χ3n) is 3.57. The molecule has 2 N–H and O–H groups in total. The molecule has 0 spiro atoms. The van der Waals surface area contributed by atoms with Crippen LogP contribution >= 0.6 is 11.3 Å². The van der Waals surface area contributed by atoms with Gasteiger partial charge in [0.2, 0.25) is 5.91 Å². The Labute approximate surface area is 137 Å². The highest BCUT2D eigenvalue weighted by Gasteiger charge is 2.34. The highest BCUT2D eigenvalue weighted by molar-refractivity contribution is 7.17. The van der Waals surface area contributed by atoms with Crippen LogP contribution in [-0.2, 0) is 14.3 Å². The molecule has 0 unspecified atom stereocenters. The van der Waals surface area contributed by atoms with E-state index in [1.54, 1.807) is 26.0 Å². The van der Waals surface area contributed by atoms with Gasteiger partial charge in [-0.05, 0) is 26.7 Å². The second kappa shape index (κ2) is 7.36. The van der Waals surface area contributed by atoms with Gasteiger partial charge in [0, 0.05) is 0 Å². The Morgan fingerprint density at radius 1 is 1.35 bits per heavy atom. The average Bonchev–Trinajstić information content (AvgIpc) is 2.88. The van der Waals surface area contributed by atoms with Crippen molar-refractivity contribution in [1.29, 1.82) is 0 Å². The van der Waals surface area contributed by atoms with E-state index in [0.29, 0.717) is 23.4 Å². The summed E-state index contributed by atoms with van der Waals surface area (Å²) >= 11 is 1.03. The average molecular weight is 338 g/mol. The molecular formula is C15H18N2O5S. The van der Waals surface area contributed by atoms with E-state index in [9.17, 15) is 19.5 Å². The van der Waals surface area contributed by atoms with Gasteiger partial charge in [-0.2, -0.15) is 0 Å². The molecule has 0 saturated carbocycles. The van der Waals surface area contributed by atoms with Crippen LogP contribution in [0.1, 0.15) is 35.1 Å². The van der Waals surface area contributed by atoms with Crippen molar-refractivity contribution < 1.29 is 24.2 Å². The van der Waals surface area contributed by atoms with Gasteiger partial charge in [0.1, 0.15) is 4.88 Å². The number of aliphatic carboxylic acids is 1. The second-order valence-corrected chi connectivity index (χ2v) is 6.14. The lowest BCUT2D eigenvalue weighted by Gasteiger charge is -2.23. The molecule has 7 nitrogen and oxygen atoms in total. The number of anilines is 1. The van der Waals surface area contributed by atoms with Crippen LogP contribution < -0.4 is 5.32 Å². The van der Waals surface area contributed by atoms with Crippen LogP contribution in [0.25, 0.3) is 0 Å². The molecule has 0 radical (unpaired) electrons. The number of ether oxygens (including phenoxy) is 1. The summed E-state index contributed by atoms with van der Waals surface area (Å²) in [6.45, 7) is 3.62. The molecule has 2 atom stereocenters. The molecule has 1 heterocycles. The molecule has 23 heavy (non-hydrogen) atoms. The van der Waals surface area contributed by atoms with E-state index in [-0.39, 0.29) is 11.7 Å². The predicted molar refractivity (Wildman–Crippen MR) is 84.4 cm³/mol. The Hall–Kier alpha value is -2.22. The number of carboxylic acid groups (broad SMARTS) is 1. The fraction of sp³-hybridized carbons (Fsp3) is 0.467. The Bertz CT molecular complexity index is 652. The molecule has 1 aromatic rings. The maximum absolute atomic E-state index is 12.3. The van der Waals surface area contributed by atoms with Crippen LogP contribution in [0.4, 0.5) is 5.13 Å². The molecule has 1 aliphatic carbocycles. The number of esters is 1. The van der Waals surface area contributed by atoms with E-state index in [1.165, 1.54) is 0 Å². The van der Waals surface area contributed by atoms with Crippen molar-refractivity contribution in [2.75, 3.05) is 11.9 Å². The quantitative estimate of drug-likeness (QED) is 0.630. The molecule has 8 heteroatoms. The van der Waals surface area contributed by atoms with Crippen LogP contribution in [0, 0.1) is 18.8 Å². The molecular weight excluding hydrogens is 320 g/mol. The highest BCUT2D eigenvalue weighted by Crippen LogP contribution is 2.29. The number of rotatable bonds is 5. The van der Waals surface area contributed by atoms with Crippen molar-refractivity contribution >= 4 is 34.3 Å². The van der Waals surface area contributed by atoms with Crippen LogP contribution in [0.5, 0.6) is 0 Å². The minimum atomic E-state index is -0.989. The fourth-order valence-corrected chi connectivity index (χ4v) is 3.27. The Kier molecular flexibility index (Phi) is 5.49. The van der Waals surface area contributed by atoms with Crippen LogP contribution in [0.15, 0.2) is 12.2 Å². The normalized spacial score (nSPS) is 20.1. The third-order valence-corrected chi connectivity index (χ3v) is 4.63. The minimum Gasteiger partial charge on any atom is -0.481 e. The van der Waals surface area contributed by atoms with E-state index in [1.807, 2.05) is 0 Å². The van der Waals surface area contributed by atoms with E-state index in [2.05, 4.69) is 10.3 Å². The number of nitrogens with one attached hydrogen (secondary N) is 1. The maximum atomic E-state index is 12.3. The van der Waals surface area contributed by atoms with Crippen molar-refractivity contribution in [3.63, 3.8) is 0 Å². The summed E-state index contributed by atoms with van der Waals surface area (Å²) in [6, 6.07) is 0. The van der Waals surface area contributed by atoms with Crippen LogP contribution in [0.2, 0.25) is 0 Å². The zero-order chi connectivity index (χ0) is 17.0. The van der Waals surface area contributed by atoms with Crippen molar-refractivity contribution in [3.8, 4) is 0 Å². The number of carboxylic acids is 1. The van der Waals surface area contributed by atoms with Crippen LogP contribution in [-0.4, -0.2) is 34.5 Å². The van der Waals surface area contributed by atoms with Crippen molar-refractivity contribution in [3.05, 3.63) is 22.7 Å². The monoisotopic (exact) mass is 338 g/mol. The summed E-state index contributed by atoms with van der Waals surface area (Å²) in [4.78, 5) is 39.8. The molecule has 0 aromatic carbocycles. The molecule has 0 bridgehead atoms. The van der Waals surface area contributed by atoms with Gasteiger partial charge in [-0.3, -0.25) is 9.59 Å². The zero-order valence-electron chi connectivity index (χ0n) is 12.9. The number of amides is 1. The van der Waals surface area contributed by atoms with Gasteiger partial charge in [0.15, 0.2) is 5.13 Å². The van der Waals surface area contributed by atoms with E-state index < -0.39 is 29.7 Å². The van der Waals surface area contributed by atoms with Gasteiger partial charge in [-0.25, -0.2) is 9.78 Å². The first-order chi connectivity index (χ1) is 10.9. The number of aryl methyl sites for hydroxylation is 1. The largest absolute Gasteiger partial charge is 0.481 e. The lowest BCUT2D eigenvalue weighted by molar-refractivity contribution is -0.146. The summed E-state index contributed by atoms with van der Waals surface area (Å²) in [5, 5.41) is 12.1. The first kappa shape index (κ1) is 17.1. The fourth-order valence-electron chi connectivity index (χ4n) is 2.41. The third kappa shape index (κ3) is 3.95.